The molecule has 1 aromatic carbocycles. The summed E-state index contributed by atoms with van der Waals surface area (Å²) in [6, 6.07) is 7.09. The van der Waals surface area contributed by atoms with Crippen LogP contribution in [0.5, 0.6) is 5.75 Å². The highest BCUT2D eigenvalue weighted by atomic mass is 127. The second-order valence-corrected chi connectivity index (χ2v) is 6.81. The lowest BCUT2D eigenvalue weighted by molar-refractivity contribution is 0.0954. The van der Waals surface area contributed by atoms with Gasteiger partial charge in [0.25, 0.3) is 5.91 Å². The van der Waals surface area contributed by atoms with Gasteiger partial charge in [-0.15, -0.1) is 24.0 Å². The Bertz CT molecular complexity index is 595. The monoisotopic (exact) mass is 488 g/mol. The molecule has 1 fully saturated rings. The fraction of sp³-hybridized carbons (Fsp3) is 0.600. The molecule has 3 N–H and O–H groups in total. The van der Waals surface area contributed by atoms with Crippen molar-refractivity contribution >= 4 is 35.8 Å². The molecular formula is C20H33IN4O2. The third-order valence-electron chi connectivity index (χ3n) is 5.14. The minimum Gasteiger partial charge on any atom is -0.497 e. The smallest absolute Gasteiger partial charge is 0.251 e. The Morgan fingerprint density at radius 2 is 1.78 bits per heavy atom. The van der Waals surface area contributed by atoms with Crippen molar-refractivity contribution in [2.45, 2.75) is 39.5 Å². The number of hydrogen-bond donors (Lipinski definition) is 3. The zero-order valence-electron chi connectivity index (χ0n) is 16.6. The molecule has 6 nitrogen and oxygen atoms in total. The van der Waals surface area contributed by atoms with Crippen LogP contribution in [-0.2, 0) is 0 Å². The molecule has 1 aliphatic rings. The van der Waals surface area contributed by atoms with E-state index >= 15 is 0 Å². The largest absolute Gasteiger partial charge is 0.497 e. The maximum absolute atomic E-state index is 12.1. The van der Waals surface area contributed by atoms with Crippen molar-refractivity contribution in [1.29, 1.82) is 0 Å². The molecule has 152 valence electrons. The molecule has 0 heterocycles. The molecule has 1 aromatic rings. The summed E-state index contributed by atoms with van der Waals surface area (Å²) in [5, 5.41) is 9.48. The Morgan fingerprint density at radius 1 is 1.11 bits per heavy atom. The van der Waals surface area contributed by atoms with Crippen LogP contribution in [0.4, 0.5) is 0 Å². The molecule has 0 spiro atoms. The summed E-state index contributed by atoms with van der Waals surface area (Å²) in [6.45, 7) is 7.17. The summed E-state index contributed by atoms with van der Waals surface area (Å²) in [5.74, 6) is 1.48. The second kappa shape index (κ2) is 12.0. The minimum atomic E-state index is -0.0872. The van der Waals surface area contributed by atoms with Gasteiger partial charge in [0.1, 0.15) is 5.75 Å². The summed E-state index contributed by atoms with van der Waals surface area (Å²) >= 11 is 0. The highest BCUT2D eigenvalue weighted by molar-refractivity contribution is 14.0. The molecule has 0 aromatic heterocycles. The first-order valence-corrected chi connectivity index (χ1v) is 9.57. The number of aliphatic imine (C=N–C) groups is 1. The summed E-state index contributed by atoms with van der Waals surface area (Å²) in [6.07, 6.45) is 5.08. The van der Waals surface area contributed by atoms with E-state index in [-0.39, 0.29) is 29.9 Å². The van der Waals surface area contributed by atoms with Crippen molar-refractivity contribution in [3.8, 4) is 5.75 Å². The molecule has 2 rings (SSSR count). The summed E-state index contributed by atoms with van der Waals surface area (Å²) < 4.78 is 5.10. The summed E-state index contributed by atoms with van der Waals surface area (Å²) in [7, 11) is 1.61. The van der Waals surface area contributed by atoms with Crippen LogP contribution in [-0.4, -0.2) is 45.2 Å². The van der Waals surface area contributed by atoms with Gasteiger partial charge in [-0.05, 0) is 55.9 Å². The quantitative estimate of drug-likeness (QED) is 0.216. The summed E-state index contributed by atoms with van der Waals surface area (Å²) in [4.78, 5) is 16.9. The van der Waals surface area contributed by atoms with Gasteiger partial charge in [0.15, 0.2) is 5.96 Å². The Balaban J connectivity index is 0.00000364. The SMILES string of the molecule is CCNC(=NCC1(CC)CCC1)NCCNC(=O)c1ccc(OC)cc1.I. The second-order valence-electron chi connectivity index (χ2n) is 6.81. The Kier molecular flexibility index (Phi) is 10.5. The van der Waals surface area contributed by atoms with E-state index in [0.717, 1.165) is 24.8 Å². The molecule has 0 radical (unpaired) electrons. The van der Waals surface area contributed by atoms with Crippen molar-refractivity contribution in [2.75, 3.05) is 33.3 Å². The van der Waals surface area contributed by atoms with Gasteiger partial charge in [-0.2, -0.15) is 0 Å². The number of rotatable bonds is 9. The maximum atomic E-state index is 12.1. The third-order valence-corrected chi connectivity index (χ3v) is 5.14. The van der Waals surface area contributed by atoms with E-state index in [1.807, 2.05) is 0 Å². The van der Waals surface area contributed by atoms with Crippen LogP contribution in [0.2, 0.25) is 0 Å². The first-order chi connectivity index (χ1) is 12.6. The van der Waals surface area contributed by atoms with Crippen molar-refractivity contribution < 1.29 is 9.53 Å². The average Bonchev–Trinajstić information content (AvgIpc) is 2.64. The van der Waals surface area contributed by atoms with Crippen LogP contribution >= 0.6 is 24.0 Å². The highest BCUT2D eigenvalue weighted by Gasteiger charge is 2.34. The fourth-order valence-corrected chi connectivity index (χ4v) is 3.09. The molecule has 27 heavy (non-hydrogen) atoms. The van der Waals surface area contributed by atoms with E-state index in [0.29, 0.717) is 24.1 Å². The van der Waals surface area contributed by atoms with Gasteiger partial charge in [-0.3, -0.25) is 9.79 Å². The van der Waals surface area contributed by atoms with Crippen molar-refractivity contribution in [2.24, 2.45) is 10.4 Å². The minimum absolute atomic E-state index is 0. The lowest BCUT2D eigenvalue weighted by Gasteiger charge is -2.40. The van der Waals surface area contributed by atoms with Crippen LogP contribution in [0, 0.1) is 5.41 Å². The average molecular weight is 488 g/mol. The van der Waals surface area contributed by atoms with Gasteiger partial charge in [-0.1, -0.05) is 13.3 Å². The number of hydrogen-bond acceptors (Lipinski definition) is 3. The van der Waals surface area contributed by atoms with Gasteiger partial charge < -0.3 is 20.7 Å². The number of carbonyl (C=O) groups is 1. The summed E-state index contributed by atoms with van der Waals surface area (Å²) in [5.41, 5.74) is 1.03. The van der Waals surface area contributed by atoms with Crippen molar-refractivity contribution in [3.63, 3.8) is 0 Å². The molecular weight excluding hydrogens is 455 g/mol. The van der Waals surface area contributed by atoms with Crippen LogP contribution in [0.25, 0.3) is 0 Å². The fourth-order valence-electron chi connectivity index (χ4n) is 3.09. The van der Waals surface area contributed by atoms with Crippen molar-refractivity contribution in [1.82, 2.24) is 16.0 Å². The molecule has 0 saturated heterocycles. The molecule has 0 aliphatic heterocycles. The van der Waals surface area contributed by atoms with E-state index in [1.165, 1.54) is 25.7 Å². The lowest BCUT2D eigenvalue weighted by Crippen LogP contribution is -2.42. The molecule has 1 aliphatic carbocycles. The molecule has 0 atom stereocenters. The van der Waals surface area contributed by atoms with E-state index < -0.39 is 0 Å². The van der Waals surface area contributed by atoms with E-state index in [9.17, 15) is 4.79 Å². The molecule has 1 saturated carbocycles. The maximum Gasteiger partial charge on any atom is 0.251 e. The number of halogens is 1. The Labute approximate surface area is 179 Å². The lowest BCUT2D eigenvalue weighted by atomic mass is 9.67. The first-order valence-electron chi connectivity index (χ1n) is 9.57. The number of nitrogens with one attached hydrogen (secondary N) is 3. The predicted molar refractivity (Wildman–Crippen MR) is 121 cm³/mol. The zero-order chi connectivity index (χ0) is 18.8. The number of benzene rings is 1. The van der Waals surface area contributed by atoms with E-state index in [4.69, 9.17) is 9.73 Å². The standard InChI is InChI=1S/C20H32N4O2.HI/c1-4-20(11-6-12-20)15-24-19(21-5-2)23-14-13-22-18(25)16-7-9-17(26-3)10-8-16;/h7-10H,4-6,11-15H2,1-3H3,(H,22,25)(H2,21,23,24);1H. The molecule has 7 heteroatoms. The van der Waals surface area contributed by atoms with Crippen LogP contribution < -0.4 is 20.7 Å². The van der Waals surface area contributed by atoms with Gasteiger partial charge >= 0.3 is 0 Å². The molecule has 0 unspecified atom stereocenters. The van der Waals surface area contributed by atoms with Crippen LogP contribution in [0.15, 0.2) is 29.3 Å². The normalized spacial score (nSPS) is 15.1. The number of ether oxygens (including phenoxy) is 1. The van der Waals surface area contributed by atoms with Crippen molar-refractivity contribution in [3.05, 3.63) is 29.8 Å². The number of nitrogens with zero attached hydrogens (tertiary/aromatic N) is 1. The Morgan fingerprint density at radius 3 is 2.30 bits per heavy atom. The van der Waals surface area contributed by atoms with Gasteiger partial charge in [0.2, 0.25) is 0 Å². The van der Waals surface area contributed by atoms with Gasteiger partial charge in [-0.25, -0.2) is 0 Å². The number of guanidine groups is 1. The number of carbonyl (C=O) groups excluding carboxylic acids is 1. The number of amides is 1. The molecule has 1 amide bonds. The highest BCUT2D eigenvalue weighted by Crippen LogP contribution is 2.43. The van der Waals surface area contributed by atoms with Crippen LogP contribution in [0.3, 0.4) is 0 Å². The predicted octanol–water partition coefficient (Wildman–Crippen LogP) is 3.18. The first kappa shape index (κ1) is 23.5. The zero-order valence-corrected chi connectivity index (χ0v) is 19.0. The van der Waals surface area contributed by atoms with Gasteiger partial charge in [0, 0.05) is 31.7 Å². The van der Waals surface area contributed by atoms with E-state index in [2.05, 4.69) is 29.8 Å². The van der Waals surface area contributed by atoms with Gasteiger partial charge in [0.05, 0.1) is 7.11 Å². The van der Waals surface area contributed by atoms with Crippen LogP contribution in [0.1, 0.15) is 49.9 Å². The topological polar surface area (TPSA) is 74.8 Å². The van der Waals surface area contributed by atoms with E-state index in [1.54, 1.807) is 31.4 Å². The molecule has 0 bridgehead atoms. The number of methoxy groups -OCH3 is 1. The third kappa shape index (κ3) is 7.20. The Hall–Kier alpha value is -1.51.